The van der Waals surface area contributed by atoms with E-state index >= 15 is 0 Å². The lowest BCUT2D eigenvalue weighted by Crippen LogP contribution is -2.43. The van der Waals surface area contributed by atoms with Crippen LogP contribution in [0.2, 0.25) is 0 Å². The molecule has 1 aromatic heterocycles. The van der Waals surface area contributed by atoms with Gasteiger partial charge in [0, 0.05) is 17.5 Å². The first-order chi connectivity index (χ1) is 16.4. The number of thiophene rings is 1. The van der Waals surface area contributed by atoms with E-state index in [9.17, 15) is 14.4 Å². The van der Waals surface area contributed by atoms with E-state index in [4.69, 9.17) is 14.2 Å². The highest BCUT2D eigenvalue weighted by atomic mass is 32.1. The summed E-state index contributed by atoms with van der Waals surface area (Å²) < 4.78 is 15.7. The zero-order valence-corrected chi connectivity index (χ0v) is 20.0. The molecule has 0 saturated carbocycles. The van der Waals surface area contributed by atoms with Gasteiger partial charge in [-0.3, -0.25) is 9.59 Å². The van der Waals surface area contributed by atoms with Crippen LogP contribution in [0.5, 0.6) is 11.5 Å². The number of amides is 2. The molecule has 0 fully saturated rings. The van der Waals surface area contributed by atoms with Crippen LogP contribution in [0.1, 0.15) is 43.1 Å². The lowest BCUT2D eigenvalue weighted by atomic mass is 9.81. The predicted molar refractivity (Wildman–Crippen MR) is 128 cm³/mol. The number of carbonyl (C=O) groups is 3. The number of nitrogens with one attached hydrogen (secondary N) is 1. The Balaban J connectivity index is 1.86. The summed E-state index contributed by atoms with van der Waals surface area (Å²) in [4.78, 5) is 41.8. The molecular weight excluding hydrogens is 456 g/mol. The maximum Gasteiger partial charge on any atom is 0.339 e. The minimum Gasteiger partial charge on any atom is -0.493 e. The second-order valence-electron chi connectivity index (χ2n) is 7.67. The largest absolute Gasteiger partial charge is 0.493 e. The van der Waals surface area contributed by atoms with E-state index < -0.39 is 17.9 Å². The fourth-order valence-electron chi connectivity index (χ4n) is 4.24. The third-order valence-corrected chi connectivity index (χ3v) is 6.82. The number of nitrogens with zero attached hydrogens (tertiary/aromatic N) is 1. The fourth-order valence-corrected chi connectivity index (χ4v) is 5.14. The molecule has 34 heavy (non-hydrogen) atoms. The van der Waals surface area contributed by atoms with Crippen molar-refractivity contribution < 1.29 is 28.6 Å². The van der Waals surface area contributed by atoms with Gasteiger partial charge in [0.2, 0.25) is 5.91 Å². The minimum atomic E-state index is -0.776. The molecule has 4 rings (SSSR count). The summed E-state index contributed by atoms with van der Waals surface area (Å²) in [5, 5.41) is 4.79. The number of ether oxygens (including phenoxy) is 3. The number of rotatable bonds is 6. The maximum absolute atomic E-state index is 13.8. The number of likely N-dealkylation sites (N-methyl/N-ethyl adjacent to an activating group) is 1. The van der Waals surface area contributed by atoms with Gasteiger partial charge in [-0.2, -0.15) is 0 Å². The number of esters is 1. The van der Waals surface area contributed by atoms with Gasteiger partial charge >= 0.3 is 5.97 Å². The van der Waals surface area contributed by atoms with Gasteiger partial charge in [0.15, 0.2) is 11.5 Å². The van der Waals surface area contributed by atoms with Crippen LogP contribution in [0, 0.1) is 0 Å². The topological polar surface area (TPSA) is 94.2 Å². The van der Waals surface area contributed by atoms with Crippen molar-refractivity contribution in [3.8, 4) is 11.5 Å². The molecule has 0 saturated heterocycles. The quantitative estimate of drug-likeness (QED) is 0.534. The molecule has 2 atom stereocenters. The summed E-state index contributed by atoms with van der Waals surface area (Å²) in [5.41, 5.74) is 1.44. The number of fused-ring (bicyclic) bond motifs is 1. The first-order valence-corrected chi connectivity index (χ1v) is 11.3. The van der Waals surface area contributed by atoms with Crippen LogP contribution in [0.25, 0.3) is 0 Å². The molecule has 176 valence electrons. The number of benzene rings is 2. The molecule has 8 nitrogen and oxygen atoms in total. The molecule has 1 aliphatic rings. The van der Waals surface area contributed by atoms with Crippen molar-refractivity contribution in [1.82, 2.24) is 4.90 Å². The van der Waals surface area contributed by atoms with E-state index in [1.54, 1.807) is 48.3 Å². The number of anilines is 1. The second-order valence-corrected chi connectivity index (χ2v) is 8.65. The Morgan fingerprint density at radius 1 is 1.00 bits per heavy atom. The van der Waals surface area contributed by atoms with Crippen LogP contribution >= 0.6 is 11.3 Å². The molecule has 0 radical (unpaired) electrons. The van der Waals surface area contributed by atoms with Crippen LogP contribution in [-0.2, 0) is 9.53 Å². The van der Waals surface area contributed by atoms with Crippen LogP contribution in [0.3, 0.4) is 0 Å². The summed E-state index contributed by atoms with van der Waals surface area (Å²) >= 11 is 1.46. The smallest absolute Gasteiger partial charge is 0.339 e. The monoisotopic (exact) mass is 480 g/mol. The fraction of sp³-hybridized carbons (Fsp3) is 0.240. The molecule has 9 heteroatoms. The van der Waals surface area contributed by atoms with E-state index in [1.165, 1.54) is 32.7 Å². The molecule has 0 spiro atoms. The van der Waals surface area contributed by atoms with Gasteiger partial charge in [-0.05, 0) is 41.3 Å². The molecule has 2 heterocycles. The van der Waals surface area contributed by atoms with Crippen molar-refractivity contribution >= 4 is 34.8 Å². The van der Waals surface area contributed by atoms with Crippen molar-refractivity contribution in [2.45, 2.75) is 12.0 Å². The summed E-state index contributed by atoms with van der Waals surface area (Å²) in [5.74, 6) is -1.13. The van der Waals surface area contributed by atoms with Gasteiger partial charge in [-0.25, -0.2) is 4.79 Å². The zero-order chi connectivity index (χ0) is 24.4. The highest BCUT2D eigenvalue weighted by Gasteiger charge is 2.44. The molecule has 3 aromatic rings. The summed E-state index contributed by atoms with van der Waals surface area (Å²) in [6.45, 7) is 0. The molecule has 2 aromatic carbocycles. The summed E-state index contributed by atoms with van der Waals surface area (Å²) in [6.07, 6.45) is 0. The standard InChI is InChI=1S/C25H24N2O6S/c1-27-22(20-10-7-11-34-20)21(15-12-18(31-2)19(32-3)13-16(15)24(27)29)23(28)26-17-9-6-5-8-14(17)25(30)33-4/h5-13,21-22H,1-4H3,(H,26,28)/t21-,22+/m0/s1. The van der Waals surface area contributed by atoms with Crippen LogP contribution in [0.15, 0.2) is 53.9 Å². The highest BCUT2D eigenvalue weighted by Crippen LogP contribution is 2.47. The normalized spacial score (nSPS) is 17.1. The molecule has 1 aliphatic heterocycles. The number of hydrogen-bond donors (Lipinski definition) is 1. The number of methoxy groups -OCH3 is 3. The maximum atomic E-state index is 13.8. The zero-order valence-electron chi connectivity index (χ0n) is 19.2. The Kier molecular flexibility index (Phi) is 6.56. The van der Waals surface area contributed by atoms with Crippen molar-refractivity contribution in [2.24, 2.45) is 0 Å². The average Bonchev–Trinajstić information content (AvgIpc) is 3.39. The first kappa shape index (κ1) is 23.3. The lowest BCUT2D eigenvalue weighted by Gasteiger charge is -2.39. The minimum absolute atomic E-state index is 0.228. The average molecular weight is 481 g/mol. The van der Waals surface area contributed by atoms with Gasteiger partial charge in [-0.15, -0.1) is 11.3 Å². The first-order valence-electron chi connectivity index (χ1n) is 10.5. The third kappa shape index (κ3) is 3.99. The van der Waals surface area contributed by atoms with Gasteiger partial charge in [0.25, 0.3) is 5.91 Å². The van der Waals surface area contributed by atoms with Gasteiger partial charge in [0.05, 0.1) is 44.5 Å². The van der Waals surface area contributed by atoms with Gasteiger partial charge in [0.1, 0.15) is 0 Å². The molecule has 0 unspecified atom stereocenters. The molecule has 0 bridgehead atoms. The number of hydrogen-bond acceptors (Lipinski definition) is 7. The van der Waals surface area contributed by atoms with Crippen molar-refractivity contribution in [3.05, 3.63) is 75.5 Å². The number of para-hydroxylation sites is 1. The SMILES string of the molecule is COC(=O)c1ccccc1NC(=O)[C@H]1c2cc(OC)c(OC)cc2C(=O)N(C)[C@@H]1c1cccs1. The summed E-state index contributed by atoms with van der Waals surface area (Å²) in [6, 6.07) is 13.1. The van der Waals surface area contributed by atoms with Gasteiger partial charge in [-0.1, -0.05) is 18.2 Å². The van der Waals surface area contributed by atoms with Crippen molar-refractivity contribution in [2.75, 3.05) is 33.7 Å². The lowest BCUT2D eigenvalue weighted by molar-refractivity contribution is -0.119. The molecule has 0 aliphatic carbocycles. The van der Waals surface area contributed by atoms with E-state index in [1.807, 2.05) is 17.5 Å². The third-order valence-electron chi connectivity index (χ3n) is 5.88. The van der Waals surface area contributed by atoms with E-state index in [0.717, 1.165) is 4.88 Å². The van der Waals surface area contributed by atoms with Crippen LogP contribution in [-0.4, -0.2) is 51.1 Å². The number of carbonyl (C=O) groups excluding carboxylic acids is 3. The molecule has 1 N–H and O–H groups in total. The van der Waals surface area contributed by atoms with Crippen molar-refractivity contribution in [1.29, 1.82) is 0 Å². The highest BCUT2D eigenvalue weighted by molar-refractivity contribution is 7.10. The summed E-state index contributed by atoms with van der Waals surface area (Å²) in [7, 11) is 5.95. The van der Waals surface area contributed by atoms with Crippen molar-refractivity contribution in [3.63, 3.8) is 0 Å². The van der Waals surface area contributed by atoms with E-state index in [2.05, 4.69) is 5.32 Å². The Bertz CT molecular complexity index is 1240. The Labute approximate surface area is 201 Å². The van der Waals surface area contributed by atoms with Crippen LogP contribution in [0.4, 0.5) is 5.69 Å². The Morgan fingerprint density at radius 3 is 2.35 bits per heavy atom. The Morgan fingerprint density at radius 2 is 1.71 bits per heavy atom. The predicted octanol–water partition coefficient (Wildman–Crippen LogP) is 4.10. The van der Waals surface area contributed by atoms with E-state index in [-0.39, 0.29) is 17.4 Å². The molecular formula is C25H24N2O6S. The van der Waals surface area contributed by atoms with E-state index in [0.29, 0.717) is 28.3 Å². The second kappa shape index (κ2) is 9.56. The van der Waals surface area contributed by atoms with Gasteiger partial charge < -0.3 is 24.4 Å². The van der Waals surface area contributed by atoms with Crippen LogP contribution < -0.4 is 14.8 Å². The Hall–Kier alpha value is -3.85. The molecule has 2 amide bonds.